The number of rotatable bonds is 6. The largest absolute Gasteiger partial charge is 0.416 e. The van der Waals surface area contributed by atoms with Crippen LogP contribution in [0, 0.1) is 13.8 Å². The fourth-order valence-electron chi connectivity index (χ4n) is 4.26. The van der Waals surface area contributed by atoms with Crippen LogP contribution in [0.1, 0.15) is 38.2 Å². The van der Waals surface area contributed by atoms with Gasteiger partial charge in [0.05, 0.1) is 11.1 Å². The quantitative estimate of drug-likeness (QED) is 0.241. The summed E-state index contributed by atoms with van der Waals surface area (Å²) in [7, 11) is 0. The Labute approximate surface area is 211 Å². The second kappa shape index (κ2) is 11.3. The summed E-state index contributed by atoms with van der Waals surface area (Å²) in [6, 6.07) is 6.44. The second-order valence-corrected chi connectivity index (χ2v) is 9.26. The normalized spacial score (nSPS) is 17.7. The number of allylic oxidation sites excluding steroid dienone is 1. The van der Waals surface area contributed by atoms with Crippen LogP contribution in [0.15, 0.2) is 48.6 Å². The topological polar surface area (TPSA) is 23.6 Å². The van der Waals surface area contributed by atoms with Gasteiger partial charge in [-0.25, -0.2) is 0 Å². The van der Waals surface area contributed by atoms with E-state index in [2.05, 4.69) is 4.90 Å². The number of hydrogen-bond donors (Lipinski definition) is 0. The molecule has 0 bridgehead atoms. The molecule has 0 aromatic heterocycles. The maximum absolute atomic E-state index is 13.4. The Kier molecular flexibility index (Phi) is 8.77. The van der Waals surface area contributed by atoms with Gasteiger partial charge < -0.3 is 4.90 Å². The zero-order chi connectivity index (χ0) is 26.7. The standard InChI is InChI=1S/C26H27ClF6N2O/c1-17-5-6-19(11-18(17)2)12-23-16-34(8-4-3-7-27)9-10-35(23)24(36)20-13-21(25(28,29)30)15-22(14-20)26(31,32)33/h3-6,11,13-15,23H,7-10,12,16H2,1-2H3/t23-/m1/s1. The number of aryl methyl sites for hydroxylation is 2. The molecule has 2 aromatic carbocycles. The molecule has 1 aliphatic rings. The molecule has 1 heterocycles. The van der Waals surface area contributed by atoms with Crippen LogP contribution >= 0.6 is 11.6 Å². The van der Waals surface area contributed by atoms with Crippen molar-refractivity contribution in [2.45, 2.75) is 38.7 Å². The Balaban J connectivity index is 1.96. The fourth-order valence-corrected chi connectivity index (χ4v) is 4.39. The number of hydrogen-bond acceptors (Lipinski definition) is 2. The highest BCUT2D eigenvalue weighted by atomic mass is 35.5. The fraction of sp³-hybridized carbons (Fsp3) is 0.423. The molecule has 0 unspecified atom stereocenters. The molecule has 1 atom stereocenters. The van der Waals surface area contributed by atoms with Crippen LogP contribution in [-0.4, -0.2) is 53.8 Å². The Morgan fingerprint density at radius 3 is 2.14 bits per heavy atom. The number of benzene rings is 2. The average molecular weight is 533 g/mol. The molecule has 0 saturated carbocycles. The molecule has 0 spiro atoms. The number of alkyl halides is 7. The number of carbonyl (C=O) groups excluding carboxylic acids is 1. The molecule has 3 rings (SSSR count). The SMILES string of the molecule is Cc1ccc(C[C@@H]2CN(CC=CCCl)CCN2C(=O)c2cc(C(F)(F)F)cc(C(F)(F)F)c2)cc1C. The van der Waals surface area contributed by atoms with Crippen LogP contribution in [0.25, 0.3) is 0 Å². The molecule has 0 radical (unpaired) electrons. The van der Waals surface area contributed by atoms with E-state index in [1.165, 1.54) is 4.90 Å². The molecule has 3 nitrogen and oxygen atoms in total. The second-order valence-electron chi connectivity index (χ2n) is 8.95. The van der Waals surface area contributed by atoms with Gasteiger partial charge >= 0.3 is 12.4 Å². The minimum atomic E-state index is -5.03. The number of nitrogens with zero attached hydrogens (tertiary/aromatic N) is 2. The molecule has 0 N–H and O–H groups in total. The monoisotopic (exact) mass is 532 g/mol. The number of piperazine rings is 1. The van der Waals surface area contributed by atoms with E-state index in [0.29, 0.717) is 44.1 Å². The highest BCUT2D eigenvalue weighted by Gasteiger charge is 2.39. The predicted molar refractivity (Wildman–Crippen MR) is 127 cm³/mol. The van der Waals surface area contributed by atoms with Crippen LogP contribution < -0.4 is 0 Å². The summed E-state index contributed by atoms with van der Waals surface area (Å²) in [5.74, 6) is -0.502. The lowest BCUT2D eigenvalue weighted by atomic mass is 9.97. The van der Waals surface area contributed by atoms with Crippen molar-refractivity contribution in [2.24, 2.45) is 0 Å². The highest BCUT2D eigenvalue weighted by molar-refractivity contribution is 6.18. The first kappa shape index (κ1) is 28.1. The first-order valence-electron chi connectivity index (χ1n) is 11.4. The summed E-state index contributed by atoms with van der Waals surface area (Å²) in [6.45, 7) is 5.49. The smallest absolute Gasteiger partial charge is 0.333 e. The molecule has 0 aliphatic carbocycles. The summed E-state index contributed by atoms with van der Waals surface area (Å²) in [4.78, 5) is 16.9. The summed E-state index contributed by atoms with van der Waals surface area (Å²) in [5.41, 5.74) is -0.563. The summed E-state index contributed by atoms with van der Waals surface area (Å²) < 4.78 is 80.2. The van der Waals surface area contributed by atoms with Gasteiger partial charge in [-0.15, -0.1) is 11.6 Å². The molecule has 196 valence electrons. The molecular formula is C26H27ClF6N2O. The molecule has 2 aromatic rings. The first-order valence-corrected chi connectivity index (χ1v) is 11.9. The van der Waals surface area contributed by atoms with Crippen molar-refractivity contribution in [2.75, 3.05) is 32.1 Å². The Bertz CT molecular complexity index is 1080. The minimum Gasteiger partial charge on any atom is -0.333 e. The molecule has 36 heavy (non-hydrogen) atoms. The lowest BCUT2D eigenvalue weighted by Crippen LogP contribution is -2.56. The van der Waals surface area contributed by atoms with Gasteiger partial charge in [0.15, 0.2) is 0 Å². The first-order chi connectivity index (χ1) is 16.8. The van der Waals surface area contributed by atoms with Gasteiger partial charge in [-0.2, -0.15) is 26.3 Å². The Hall–Kier alpha value is -2.52. The van der Waals surface area contributed by atoms with Gasteiger partial charge in [0.1, 0.15) is 0 Å². The molecular weight excluding hydrogens is 506 g/mol. The van der Waals surface area contributed by atoms with Crippen LogP contribution in [0.2, 0.25) is 0 Å². The van der Waals surface area contributed by atoms with Gasteiger partial charge in [0, 0.05) is 43.7 Å². The van der Waals surface area contributed by atoms with E-state index in [1.54, 1.807) is 6.08 Å². The van der Waals surface area contributed by atoms with Gasteiger partial charge in [-0.1, -0.05) is 30.4 Å². The molecule has 1 amide bonds. The third-order valence-electron chi connectivity index (χ3n) is 6.32. The highest BCUT2D eigenvalue weighted by Crippen LogP contribution is 2.37. The van der Waals surface area contributed by atoms with Crippen molar-refractivity contribution in [3.63, 3.8) is 0 Å². The number of halogens is 7. The van der Waals surface area contributed by atoms with Gasteiger partial charge in [0.2, 0.25) is 0 Å². The average Bonchev–Trinajstić information content (AvgIpc) is 2.80. The van der Waals surface area contributed by atoms with Crippen molar-refractivity contribution >= 4 is 17.5 Å². The lowest BCUT2D eigenvalue weighted by molar-refractivity contribution is -0.143. The van der Waals surface area contributed by atoms with Crippen molar-refractivity contribution in [1.82, 2.24) is 9.80 Å². The van der Waals surface area contributed by atoms with E-state index in [-0.39, 0.29) is 12.6 Å². The van der Waals surface area contributed by atoms with Crippen molar-refractivity contribution in [3.05, 3.63) is 81.9 Å². The van der Waals surface area contributed by atoms with E-state index in [1.807, 2.05) is 38.1 Å². The zero-order valence-electron chi connectivity index (χ0n) is 19.9. The van der Waals surface area contributed by atoms with E-state index in [9.17, 15) is 31.1 Å². The van der Waals surface area contributed by atoms with Crippen molar-refractivity contribution < 1.29 is 31.1 Å². The Morgan fingerprint density at radius 2 is 1.58 bits per heavy atom. The number of amides is 1. The van der Waals surface area contributed by atoms with Crippen molar-refractivity contribution in [3.8, 4) is 0 Å². The summed E-state index contributed by atoms with van der Waals surface area (Å²) in [6.07, 6.45) is -5.96. The summed E-state index contributed by atoms with van der Waals surface area (Å²) in [5, 5.41) is 0. The van der Waals surface area contributed by atoms with Crippen LogP contribution in [-0.2, 0) is 18.8 Å². The van der Waals surface area contributed by atoms with Gasteiger partial charge in [-0.3, -0.25) is 9.69 Å². The van der Waals surface area contributed by atoms with Crippen LogP contribution in [0.4, 0.5) is 26.3 Å². The van der Waals surface area contributed by atoms with Crippen LogP contribution in [0.5, 0.6) is 0 Å². The van der Waals surface area contributed by atoms with Gasteiger partial charge in [-0.05, 0) is 55.2 Å². The van der Waals surface area contributed by atoms with E-state index in [4.69, 9.17) is 11.6 Å². The van der Waals surface area contributed by atoms with E-state index >= 15 is 0 Å². The minimum absolute atomic E-state index is 0.0322. The summed E-state index contributed by atoms with van der Waals surface area (Å²) >= 11 is 5.69. The zero-order valence-corrected chi connectivity index (χ0v) is 20.6. The van der Waals surface area contributed by atoms with Gasteiger partial charge in [0.25, 0.3) is 5.91 Å². The molecule has 1 fully saturated rings. The lowest BCUT2D eigenvalue weighted by Gasteiger charge is -2.41. The third kappa shape index (κ3) is 7.03. The molecule has 1 saturated heterocycles. The van der Waals surface area contributed by atoms with Crippen LogP contribution in [0.3, 0.4) is 0 Å². The van der Waals surface area contributed by atoms with Crippen molar-refractivity contribution in [1.29, 1.82) is 0 Å². The van der Waals surface area contributed by atoms with E-state index < -0.39 is 41.0 Å². The predicted octanol–water partition coefficient (Wildman–Crippen LogP) is 6.51. The molecule has 10 heteroatoms. The maximum atomic E-state index is 13.4. The maximum Gasteiger partial charge on any atom is 0.416 e. The third-order valence-corrected chi connectivity index (χ3v) is 6.50. The number of carbonyl (C=O) groups is 1. The Morgan fingerprint density at radius 1 is 0.944 bits per heavy atom. The van der Waals surface area contributed by atoms with E-state index in [0.717, 1.165) is 16.7 Å². The molecule has 1 aliphatic heterocycles.